The molecule has 0 spiro atoms. The van der Waals surface area contributed by atoms with E-state index < -0.39 is 17.6 Å². The van der Waals surface area contributed by atoms with E-state index in [1.54, 1.807) is 43.3 Å². The molecule has 0 saturated heterocycles. The fourth-order valence-corrected chi connectivity index (χ4v) is 3.78. The number of ether oxygens (including phenoxy) is 2. The zero-order valence-corrected chi connectivity index (χ0v) is 18.9. The number of hydrogen-bond acceptors (Lipinski definition) is 5. The fourth-order valence-electron chi connectivity index (χ4n) is 3.61. The average Bonchev–Trinajstić information content (AvgIpc) is 3.05. The summed E-state index contributed by atoms with van der Waals surface area (Å²) in [6, 6.07) is 15.4. The van der Waals surface area contributed by atoms with Gasteiger partial charge in [-0.3, -0.25) is 9.59 Å². The topological polar surface area (TPSA) is 67.9 Å². The van der Waals surface area contributed by atoms with Crippen molar-refractivity contribution < 1.29 is 23.5 Å². The van der Waals surface area contributed by atoms with Crippen molar-refractivity contribution in [1.82, 2.24) is 0 Å². The summed E-state index contributed by atoms with van der Waals surface area (Å²) in [4.78, 5) is 28.2. The molecule has 3 aromatic carbocycles. The number of imide groups is 1. The van der Waals surface area contributed by atoms with E-state index in [4.69, 9.17) is 21.1 Å². The number of methoxy groups -OCH3 is 2. The van der Waals surface area contributed by atoms with Gasteiger partial charge < -0.3 is 14.8 Å². The van der Waals surface area contributed by atoms with E-state index >= 15 is 0 Å². The molecule has 0 unspecified atom stereocenters. The predicted molar refractivity (Wildman–Crippen MR) is 125 cm³/mol. The highest BCUT2D eigenvalue weighted by Gasteiger charge is 2.41. The summed E-state index contributed by atoms with van der Waals surface area (Å²) in [5, 5.41) is 3.44. The second-order valence-electron chi connectivity index (χ2n) is 7.32. The largest absolute Gasteiger partial charge is 0.497 e. The fraction of sp³-hybridized carbons (Fsp3) is 0.120. The molecule has 0 aliphatic carbocycles. The van der Waals surface area contributed by atoms with Gasteiger partial charge in [0, 0.05) is 11.1 Å². The summed E-state index contributed by atoms with van der Waals surface area (Å²) in [6.45, 7) is 1.78. The number of halogens is 2. The third kappa shape index (κ3) is 4.15. The van der Waals surface area contributed by atoms with Crippen LogP contribution in [0.15, 0.2) is 66.4 Å². The van der Waals surface area contributed by atoms with Gasteiger partial charge in [-0.15, -0.1) is 0 Å². The van der Waals surface area contributed by atoms with Crippen molar-refractivity contribution in [2.45, 2.75) is 6.92 Å². The Balaban J connectivity index is 1.86. The van der Waals surface area contributed by atoms with Crippen LogP contribution in [-0.2, 0) is 9.59 Å². The van der Waals surface area contributed by atoms with Crippen molar-refractivity contribution in [2.24, 2.45) is 0 Å². The number of aryl methyl sites for hydroxylation is 1. The van der Waals surface area contributed by atoms with Crippen molar-refractivity contribution in [3.05, 3.63) is 88.3 Å². The molecule has 8 heteroatoms. The molecule has 3 aromatic rings. The van der Waals surface area contributed by atoms with Gasteiger partial charge in [0.25, 0.3) is 11.8 Å². The molecular formula is C25H20ClFN2O4. The summed E-state index contributed by atoms with van der Waals surface area (Å²) >= 11 is 6.15. The lowest BCUT2D eigenvalue weighted by Crippen LogP contribution is -2.33. The molecule has 0 radical (unpaired) electrons. The smallest absolute Gasteiger partial charge is 0.282 e. The first-order valence-corrected chi connectivity index (χ1v) is 10.4. The Morgan fingerprint density at radius 2 is 1.64 bits per heavy atom. The quantitative estimate of drug-likeness (QED) is 0.506. The van der Waals surface area contributed by atoms with Gasteiger partial charge in [0.05, 0.1) is 31.2 Å². The number of hydrogen-bond donors (Lipinski definition) is 1. The second-order valence-corrected chi connectivity index (χ2v) is 7.76. The number of benzene rings is 3. The lowest BCUT2D eigenvalue weighted by atomic mass is 10.0. The van der Waals surface area contributed by atoms with E-state index in [1.165, 1.54) is 38.5 Å². The molecule has 0 atom stereocenters. The molecule has 1 heterocycles. The van der Waals surface area contributed by atoms with Crippen molar-refractivity contribution in [3.63, 3.8) is 0 Å². The molecule has 33 heavy (non-hydrogen) atoms. The molecule has 0 aromatic heterocycles. The van der Waals surface area contributed by atoms with Crippen LogP contribution in [0.5, 0.6) is 11.5 Å². The monoisotopic (exact) mass is 466 g/mol. The zero-order chi connectivity index (χ0) is 23.7. The lowest BCUT2D eigenvalue weighted by molar-refractivity contribution is -0.120. The first-order chi connectivity index (χ1) is 15.8. The number of carbonyl (C=O) groups excluding carboxylic acids is 2. The maximum absolute atomic E-state index is 13.6. The summed E-state index contributed by atoms with van der Waals surface area (Å²) < 4.78 is 24.2. The first-order valence-electron chi connectivity index (χ1n) is 9.98. The minimum Gasteiger partial charge on any atom is -0.497 e. The third-order valence-corrected chi connectivity index (χ3v) is 5.53. The number of nitrogens with zero attached hydrogens (tertiary/aromatic N) is 1. The summed E-state index contributed by atoms with van der Waals surface area (Å²) in [5.41, 5.74) is 2.07. The zero-order valence-electron chi connectivity index (χ0n) is 18.1. The van der Waals surface area contributed by atoms with Gasteiger partial charge in [0.1, 0.15) is 23.0 Å². The van der Waals surface area contributed by atoms with Gasteiger partial charge in [-0.05, 0) is 54.4 Å². The first kappa shape index (κ1) is 22.4. The molecular weight excluding hydrogens is 447 g/mol. The van der Waals surface area contributed by atoms with Crippen LogP contribution in [0.1, 0.15) is 11.1 Å². The van der Waals surface area contributed by atoms with Crippen molar-refractivity contribution in [1.29, 1.82) is 0 Å². The highest BCUT2D eigenvalue weighted by atomic mass is 35.5. The highest BCUT2D eigenvalue weighted by molar-refractivity contribution is 6.46. The van der Waals surface area contributed by atoms with Gasteiger partial charge in [-0.25, -0.2) is 9.29 Å². The van der Waals surface area contributed by atoms with E-state index in [0.29, 0.717) is 39.0 Å². The molecule has 4 rings (SSSR count). The van der Waals surface area contributed by atoms with Crippen LogP contribution >= 0.6 is 11.6 Å². The van der Waals surface area contributed by atoms with Crippen LogP contribution in [0.3, 0.4) is 0 Å². The van der Waals surface area contributed by atoms with Crippen LogP contribution in [0.2, 0.25) is 5.02 Å². The van der Waals surface area contributed by atoms with Crippen molar-refractivity contribution in [3.8, 4) is 11.5 Å². The van der Waals surface area contributed by atoms with Gasteiger partial charge in [0.2, 0.25) is 0 Å². The Bertz CT molecular complexity index is 1290. The number of rotatable bonds is 6. The maximum Gasteiger partial charge on any atom is 0.282 e. The minimum atomic E-state index is -0.567. The van der Waals surface area contributed by atoms with E-state index in [-0.39, 0.29) is 11.3 Å². The number of amides is 2. The molecule has 0 bridgehead atoms. The molecule has 1 aliphatic rings. The molecule has 6 nitrogen and oxygen atoms in total. The third-order valence-electron chi connectivity index (χ3n) is 5.30. The van der Waals surface area contributed by atoms with Gasteiger partial charge in [-0.2, -0.15) is 0 Å². The van der Waals surface area contributed by atoms with E-state index in [9.17, 15) is 14.0 Å². The van der Waals surface area contributed by atoms with Gasteiger partial charge in [-0.1, -0.05) is 29.8 Å². The summed E-state index contributed by atoms with van der Waals surface area (Å²) in [6.07, 6.45) is 0. The molecule has 0 saturated carbocycles. The Morgan fingerprint density at radius 1 is 0.909 bits per heavy atom. The lowest BCUT2D eigenvalue weighted by Gasteiger charge is -2.18. The summed E-state index contributed by atoms with van der Waals surface area (Å²) in [5.74, 6) is -0.590. The Kier molecular flexibility index (Phi) is 6.07. The highest BCUT2D eigenvalue weighted by Crippen LogP contribution is 2.38. The minimum absolute atomic E-state index is 0.0365. The Hall–Kier alpha value is -3.84. The average molecular weight is 467 g/mol. The van der Waals surface area contributed by atoms with E-state index in [2.05, 4.69) is 5.32 Å². The van der Waals surface area contributed by atoms with Gasteiger partial charge in [0.15, 0.2) is 0 Å². The second kappa shape index (κ2) is 8.96. The number of carbonyl (C=O) groups is 2. The van der Waals surface area contributed by atoms with E-state index in [1.807, 2.05) is 0 Å². The van der Waals surface area contributed by atoms with Crippen LogP contribution in [-0.4, -0.2) is 26.0 Å². The Morgan fingerprint density at radius 3 is 2.30 bits per heavy atom. The molecule has 0 fully saturated rings. The summed E-state index contributed by atoms with van der Waals surface area (Å²) in [7, 11) is 3.01. The maximum atomic E-state index is 13.6. The number of nitrogens with one attached hydrogen (secondary N) is 1. The Labute approximate surface area is 195 Å². The van der Waals surface area contributed by atoms with Crippen LogP contribution in [0.25, 0.3) is 5.57 Å². The number of anilines is 2. The van der Waals surface area contributed by atoms with Crippen LogP contribution in [0, 0.1) is 12.7 Å². The van der Waals surface area contributed by atoms with Crippen LogP contribution in [0.4, 0.5) is 15.8 Å². The standard InChI is InChI=1S/C25H20ClFN2O4/c1-14-4-7-16(26)12-20(14)29-24(30)22(15-5-8-17(27)9-6-15)23(25(29)31)28-19-11-10-18(32-2)13-21(19)33-3/h4-13,28H,1-3H3. The molecule has 1 N–H and O–H groups in total. The van der Waals surface area contributed by atoms with Crippen molar-refractivity contribution >= 4 is 40.4 Å². The van der Waals surface area contributed by atoms with Crippen molar-refractivity contribution in [2.75, 3.05) is 24.4 Å². The molecule has 2 amide bonds. The normalized spacial score (nSPS) is 13.5. The molecule has 1 aliphatic heterocycles. The van der Waals surface area contributed by atoms with E-state index in [0.717, 1.165) is 4.90 Å². The SMILES string of the molecule is COc1ccc(NC2=C(c3ccc(F)cc3)C(=O)N(c3cc(Cl)ccc3C)C2=O)c(OC)c1. The van der Waals surface area contributed by atoms with Gasteiger partial charge >= 0.3 is 0 Å². The predicted octanol–water partition coefficient (Wildman–Crippen LogP) is 5.20. The van der Waals surface area contributed by atoms with Crippen LogP contribution < -0.4 is 19.7 Å². The molecule has 168 valence electrons.